The number of aliphatic imine (C=N–C) groups is 1. The van der Waals surface area contributed by atoms with Gasteiger partial charge in [-0.15, -0.1) is 0 Å². The van der Waals surface area contributed by atoms with Crippen LogP contribution in [0.15, 0.2) is 41.4 Å². The van der Waals surface area contributed by atoms with Crippen LogP contribution in [-0.4, -0.2) is 63.3 Å². The molecule has 2 atom stereocenters. The van der Waals surface area contributed by atoms with E-state index in [1.54, 1.807) is 37.4 Å². The highest BCUT2D eigenvalue weighted by Crippen LogP contribution is 2.44. The highest BCUT2D eigenvalue weighted by atomic mass is 32.2. The fourth-order valence-electron chi connectivity index (χ4n) is 4.21. The average Bonchev–Trinajstić information content (AvgIpc) is 3.44. The second-order valence-electron chi connectivity index (χ2n) is 7.86. The number of carbonyl (C=O) groups is 1. The third-order valence-corrected chi connectivity index (χ3v) is 8.93. The lowest BCUT2D eigenvalue weighted by molar-refractivity contribution is -0.117. The van der Waals surface area contributed by atoms with E-state index in [-0.39, 0.29) is 41.9 Å². The smallest absolute Gasteiger partial charge is 0.252 e. The van der Waals surface area contributed by atoms with E-state index in [2.05, 4.69) is 4.99 Å². The Morgan fingerprint density at radius 1 is 1.09 bits per heavy atom. The lowest BCUT2D eigenvalue weighted by Crippen LogP contribution is -2.37. The van der Waals surface area contributed by atoms with Crippen LogP contribution in [0.1, 0.15) is 5.56 Å². The fraction of sp³-hybridized carbons (Fsp3) is 0.364. The van der Waals surface area contributed by atoms with Crippen LogP contribution in [0.4, 0.5) is 5.69 Å². The van der Waals surface area contributed by atoms with Crippen LogP contribution < -0.4 is 23.8 Å². The first-order chi connectivity index (χ1) is 15.9. The molecule has 1 amide bonds. The number of sulfone groups is 1. The Morgan fingerprint density at radius 2 is 1.88 bits per heavy atom. The molecule has 0 aliphatic carbocycles. The second kappa shape index (κ2) is 8.45. The molecular weight excluding hydrogens is 468 g/mol. The highest BCUT2D eigenvalue weighted by Gasteiger charge is 2.49. The lowest BCUT2D eigenvalue weighted by Gasteiger charge is -2.24. The Bertz CT molecular complexity index is 1250. The van der Waals surface area contributed by atoms with Crippen molar-refractivity contribution in [2.24, 2.45) is 4.99 Å². The summed E-state index contributed by atoms with van der Waals surface area (Å²) in [6.45, 7) is 0.138. The van der Waals surface area contributed by atoms with Crippen LogP contribution in [0, 0.1) is 0 Å². The number of nitrogens with zero attached hydrogens (tertiary/aromatic N) is 2. The van der Waals surface area contributed by atoms with E-state index < -0.39 is 9.84 Å². The Kier molecular flexibility index (Phi) is 5.61. The monoisotopic (exact) mass is 490 g/mol. The van der Waals surface area contributed by atoms with Gasteiger partial charge in [-0.25, -0.2) is 8.42 Å². The first kappa shape index (κ1) is 21.9. The molecule has 0 bridgehead atoms. The van der Waals surface area contributed by atoms with Gasteiger partial charge in [-0.1, -0.05) is 17.8 Å². The normalized spacial score (nSPS) is 23.6. The molecule has 0 radical (unpaired) electrons. The summed E-state index contributed by atoms with van der Waals surface area (Å²) in [7, 11) is -0.0709. The number of amides is 1. The molecule has 0 spiro atoms. The predicted molar refractivity (Wildman–Crippen MR) is 125 cm³/mol. The lowest BCUT2D eigenvalue weighted by atomic mass is 10.1. The minimum atomic E-state index is -3.16. The molecule has 2 aromatic carbocycles. The van der Waals surface area contributed by atoms with Gasteiger partial charge in [-0.3, -0.25) is 4.79 Å². The van der Waals surface area contributed by atoms with Crippen molar-refractivity contribution in [2.75, 3.05) is 37.4 Å². The molecule has 0 N–H and O–H groups in total. The number of hydrogen-bond acceptors (Lipinski definition) is 8. The Labute approximate surface area is 195 Å². The molecule has 33 heavy (non-hydrogen) atoms. The average molecular weight is 491 g/mol. The van der Waals surface area contributed by atoms with Crippen LogP contribution in [-0.2, 0) is 21.1 Å². The van der Waals surface area contributed by atoms with E-state index in [0.717, 1.165) is 5.56 Å². The van der Waals surface area contributed by atoms with Gasteiger partial charge in [0.2, 0.25) is 6.79 Å². The van der Waals surface area contributed by atoms with Crippen molar-refractivity contribution < 1.29 is 32.2 Å². The zero-order valence-electron chi connectivity index (χ0n) is 18.0. The number of rotatable bonds is 5. The third kappa shape index (κ3) is 4.22. The molecule has 0 aromatic heterocycles. The maximum atomic E-state index is 12.9. The molecule has 2 fully saturated rings. The molecule has 5 rings (SSSR count). The number of amidine groups is 1. The first-order valence-corrected chi connectivity index (χ1v) is 13.0. The van der Waals surface area contributed by atoms with Gasteiger partial charge in [0.15, 0.2) is 38.0 Å². The molecule has 2 saturated heterocycles. The number of anilines is 1. The van der Waals surface area contributed by atoms with Crippen LogP contribution in [0.5, 0.6) is 23.0 Å². The SMILES string of the molecule is COc1ccc(CC(=O)N=C2S[C@H]3CS(=O)(=O)C[C@@H]3N2c2ccc3c(c2)OCO3)cc1OC. The van der Waals surface area contributed by atoms with Crippen molar-refractivity contribution in [2.45, 2.75) is 17.7 Å². The van der Waals surface area contributed by atoms with Crippen LogP contribution in [0.3, 0.4) is 0 Å². The van der Waals surface area contributed by atoms with Crippen molar-refractivity contribution >= 4 is 38.4 Å². The second-order valence-corrected chi connectivity index (χ2v) is 11.2. The minimum Gasteiger partial charge on any atom is -0.493 e. The summed E-state index contributed by atoms with van der Waals surface area (Å²) in [5.41, 5.74) is 1.46. The number of hydrogen-bond donors (Lipinski definition) is 0. The van der Waals surface area contributed by atoms with Crippen molar-refractivity contribution in [3.63, 3.8) is 0 Å². The van der Waals surface area contributed by atoms with E-state index in [1.807, 2.05) is 11.0 Å². The van der Waals surface area contributed by atoms with E-state index in [1.165, 1.54) is 18.9 Å². The molecule has 3 aliphatic rings. The van der Waals surface area contributed by atoms with Crippen molar-refractivity contribution in [3.05, 3.63) is 42.0 Å². The number of benzene rings is 2. The van der Waals surface area contributed by atoms with Gasteiger partial charge in [-0.2, -0.15) is 4.99 Å². The maximum absolute atomic E-state index is 12.9. The first-order valence-electron chi connectivity index (χ1n) is 10.3. The zero-order chi connectivity index (χ0) is 23.2. The summed E-state index contributed by atoms with van der Waals surface area (Å²) in [4.78, 5) is 19.1. The summed E-state index contributed by atoms with van der Waals surface area (Å²) in [6.07, 6.45) is 0.0764. The van der Waals surface area contributed by atoms with E-state index in [9.17, 15) is 13.2 Å². The van der Waals surface area contributed by atoms with Gasteiger partial charge in [0.25, 0.3) is 5.91 Å². The minimum absolute atomic E-state index is 0.0159. The number of fused-ring (bicyclic) bond motifs is 2. The van der Waals surface area contributed by atoms with E-state index >= 15 is 0 Å². The third-order valence-electron chi connectivity index (χ3n) is 5.72. The number of carbonyl (C=O) groups excluding carboxylic acids is 1. The molecule has 0 saturated carbocycles. The standard InChI is InChI=1S/C22H22N2O7S2/c1-28-16-5-3-13(7-18(16)29-2)8-21(25)23-22-24(15-10-33(26,27)11-20(15)32-22)14-4-6-17-19(9-14)31-12-30-17/h3-7,9,15,20H,8,10-12H2,1-2H3/t15-,20-/m0/s1. The van der Waals surface area contributed by atoms with Crippen LogP contribution in [0.25, 0.3) is 0 Å². The van der Waals surface area contributed by atoms with Crippen molar-refractivity contribution in [1.29, 1.82) is 0 Å². The van der Waals surface area contributed by atoms with Gasteiger partial charge in [0.1, 0.15) is 0 Å². The zero-order valence-corrected chi connectivity index (χ0v) is 19.6. The molecular formula is C22H22N2O7S2. The van der Waals surface area contributed by atoms with Gasteiger partial charge >= 0.3 is 0 Å². The van der Waals surface area contributed by atoms with E-state index in [4.69, 9.17) is 18.9 Å². The molecule has 3 aliphatic heterocycles. The summed E-state index contributed by atoms with van der Waals surface area (Å²) >= 11 is 1.33. The number of methoxy groups -OCH3 is 2. The summed E-state index contributed by atoms with van der Waals surface area (Å²) < 4.78 is 46.0. The molecule has 174 valence electrons. The largest absolute Gasteiger partial charge is 0.493 e. The van der Waals surface area contributed by atoms with Crippen molar-refractivity contribution in [1.82, 2.24) is 0 Å². The van der Waals surface area contributed by atoms with Gasteiger partial charge in [0.05, 0.1) is 38.2 Å². The summed E-state index contributed by atoms with van der Waals surface area (Å²) in [6, 6.07) is 10.4. The molecule has 9 nitrogen and oxygen atoms in total. The Balaban J connectivity index is 1.44. The van der Waals surface area contributed by atoms with Crippen molar-refractivity contribution in [3.8, 4) is 23.0 Å². The molecule has 2 aromatic rings. The molecule has 3 heterocycles. The van der Waals surface area contributed by atoms with Gasteiger partial charge < -0.3 is 23.8 Å². The fourth-order valence-corrected chi connectivity index (χ4v) is 8.14. The van der Waals surface area contributed by atoms with Gasteiger partial charge in [0, 0.05) is 17.0 Å². The Morgan fingerprint density at radius 3 is 2.67 bits per heavy atom. The molecule has 0 unspecified atom stereocenters. The number of thioether (sulfide) groups is 1. The van der Waals surface area contributed by atoms with E-state index in [0.29, 0.717) is 33.9 Å². The van der Waals surface area contributed by atoms with Crippen LogP contribution >= 0.6 is 11.8 Å². The Hall–Kier alpha value is -2.92. The quantitative estimate of drug-likeness (QED) is 0.624. The summed E-state index contributed by atoms with van der Waals surface area (Å²) in [5.74, 6) is 2.07. The molecule has 11 heteroatoms. The summed E-state index contributed by atoms with van der Waals surface area (Å²) in [5, 5.41) is 0.303. The van der Waals surface area contributed by atoms with Gasteiger partial charge in [-0.05, 0) is 29.8 Å². The van der Waals surface area contributed by atoms with Crippen LogP contribution in [0.2, 0.25) is 0 Å². The predicted octanol–water partition coefficient (Wildman–Crippen LogP) is 2.28. The highest BCUT2D eigenvalue weighted by molar-refractivity contribution is 8.16. The topological polar surface area (TPSA) is 104 Å². The number of ether oxygens (including phenoxy) is 4. The maximum Gasteiger partial charge on any atom is 0.252 e.